The minimum absolute atomic E-state index is 0.305. The number of carbonyl (C=O) groups excluding carboxylic acids is 2. The molecule has 1 unspecified atom stereocenters. The number of ether oxygens (including phenoxy) is 2. The van der Waals surface area contributed by atoms with Gasteiger partial charge in [0.1, 0.15) is 17.7 Å². The van der Waals surface area contributed by atoms with Crippen LogP contribution in [-0.2, 0) is 0 Å². The van der Waals surface area contributed by atoms with Gasteiger partial charge in [-0.05, 0) is 55.8 Å². The molecule has 0 aliphatic carbocycles. The molecule has 1 heterocycles. The molecule has 4 rings (SSSR count). The van der Waals surface area contributed by atoms with Crippen LogP contribution in [0.4, 0.5) is 5.69 Å². The summed E-state index contributed by atoms with van der Waals surface area (Å²) < 4.78 is 11.1. The van der Waals surface area contributed by atoms with Gasteiger partial charge in [-0.2, -0.15) is 0 Å². The molecule has 2 N–H and O–H groups in total. The number of amides is 2. The fraction of sp³-hybridized carbons (Fsp3) is 0.200. The molecule has 32 heavy (non-hydrogen) atoms. The monoisotopic (exact) mass is 431 g/mol. The van der Waals surface area contributed by atoms with Crippen molar-refractivity contribution < 1.29 is 19.1 Å². The summed E-state index contributed by atoms with van der Waals surface area (Å²) in [5, 5.41) is 4.68. The van der Waals surface area contributed by atoms with Gasteiger partial charge in [0.2, 0.25) is 0 Å². The Balaban J connectivity index is 1.68. The molecule has 1 aliphatic heterocycles. The third-order valence-corrected chi connectivity index (χ3v) is 5.09. The molecule has 2 amide bonds. The van der Waals surface area contributed by atoms with Crippen molar-refractivity contribution in [3.05, 3.63) is 89.5 Å². The number of anilines is 1. The van der Waals surface area contributed by atoms with E-state index < -0.39 is 12.1 Å². The zero-order valence-electron chi connectivity index (χ0n) is 18.0. The summed E-state index contributed by atoms with van der Waals surface area (Å²) in [4.78, 5) is 26.5. The van der Waals surface area contributed by atoms with Gasteiger partial charge in [-0.25, -0.2) is 5.01 Å². The Bertz CT molecular complexity index is 1110. The van der Waals surface area contributed by atoms with Gasteiger partial charge in [-0.3, -0.25) is 15.0 Å². The molecule has 164 valence electrons. The summed E-state index contributed by atoms with van der Waals surface area (Å²) in [6.45, 7) is 4.76. The topological polar surface area (TPSA) is 79.9 Å². The molecule has 3 aromatic carbocycles. The van der Waals surface area contributed by atoms with Crippen LogP contribution in [0, 0.1) is 0 Å². The van der Waals surface area contributed by atoms with E-state index >= 15 is 0 Å². The molecule has 0 saturated carbocycles. The lowest BCUT2D eigenvalue weighted by molar-refractivity contribution is 0.0489. The average Bonchev–Trinajstić information content (AvgIpc) is 2.82. The first kappa shape index (κ1) is 21.2. The molecule has 3 aromatic rings. The van der Waals surface area contributed by atoms with E-state index in [-0.39, 0.29) is 5.91 Å². The average molecular weight is 431 g/mol. The second kappa shape index (κ2) is 9.43. The van der Waals surface area contributed by atoms with Crippen LogP contribution in [0.3, 0.4) is 0 Å². The molecule has 0 bridgehead atoms. The van der Waals surface area contributed by atoms with E-state index in [1.165, 1.54) is 5.01 Å². The summed E-state index contributed by atoms with van der Waals surface area (Å²) in [5.41, 5.74) is 5.12. The van der Waals surface area contributed by atoms with Gasteiger partial charge in [0.25, 0.3) is 11.8 Å². The number of hydrogen-bond donors (Lipinski definition) is 2. The van der Waals surface area contributed by atoms with E-state index in [0.717, 1.165) is 11.3 Å². The SMILES string of the molecule is CCOc1ccc(C2Nc3ccccc3C(=O)N2NC(=O)c2ccccc2OCC)cc1. The number of nitrogens with zero attached hydrogens (tertiary/aromatic N) is 1. The van der Waals surface area contributed by atoms with Crippen molar-refractivity contribution in [2.75, 3.05) is 18.5 Å². The van der Waals surface area contributed by atoms with Gasteiger partial charge in [0.15, 0.2) is 0 Å². The predicted octanol–water partition coefficient (Wildman–Crippen LogP) is 4.40. The minimum Gasteiger partial charge on any atom is -0.494 e. The van der Waals surface area contributed by atoms with Gasteiger partial charge >= 0.3 is 0 Å². The molecule has 0 aromatic heterocycles. The quantitative estimate of drug-likeness (QED) is 0.580. The number of rotatable bonds is 7. The van der Waals surface area contributed by atoms with Crippen LogP contribution < -0.4 is 20.2 Å². The van der Waals surface area contributed by atoms with Crippen molar-refractivity contribution in [2.45, 2.75) is 20.0 Å². The second-order valence-electron chi connectivity index (χ2n) is 7.14. The molecule has 1 atom stereocenters. The Morgan fingerprint density at radius 1 is 0.938 bits per heavy atom. The highest BCUT2D eigenvalue weighted by Crippen LogP contribution is 2.33. The smallest absolute Gasteiger partial charge is 0.276 e. The molecule has 0 spiro atoms. The lowest BCUT2D eigenvalue weighted by Gasteiger charge is -2.37. The molecular weight excluding hydrogens is 406 g/mol. The lowest BCUT2D eigenvalue weighted by Crippen LogP contribution is -2.52. The molecule has 0 fully saturated rings. The first-order chi connectivity index (χ1) is 15.6. The highest BCUT2D eigenvalue weighted by Gasteiger charge is 2.34. The fourth-order valence-electron chi connectivity index (χ4n) is 3.62. The number of hydrogen-bond acceptors (Lipinski definition) is 5. The molecule has 1 aliphatic rings. The highest BCUT2D eigenvalue weighted by atomic mass is 16.5. The Morgan fingerprint density at radius 3 is 2.38 bits per heavy atom. The Labute approximate surface area is 186 Å². The zero-order chi connectivity index (χ0) is 22.5. The maximum Gasteiger partial charge on any atom is 0.276 e. The zero-order valence-corrected chi connectivity index (χ0v) is 18.0. The van der Waals surface area contributed by atoms with Crippen LogP contribution in [0.5, 0.6) is 11.5 Å². The van der Waals surface area contributed by atoms with Crippen LogP contribution >= 0.6 is 0 Å². The normalized spacial score (nSPS) is 14.9. The second-order valence-corrected chi connectivity index (χ2v) is 7.14. The number of para-hydroxylation sites is 2. The number of hydrazine groups is 1. The van der Waals surface area contributed by atoms with E-state index in [0.29, 0.717) is 35.8 Å². The van der Waals surface area contributed by atoms with Crippen molar-refractivity contribution >= 4 is 17.5 Å². The Morgan fingerprint density at radius 2 is 1.62 bits per heavy atom. The molecular formula is C25H25N3O4. The fourth-order valence-corrected chi connectivity index (χ4v) is 3.62. The summed E-state index contributed by atoms with van der Waals surface area (Å²) in [6.07, 6.45) is -0.601. The molecule has 7 nitrogen and oxygen atoms in total. The third kappa shape index (κ3) is 4.23. The highest BCUT2D eigenvalue weighted by molar-refractivity contribution is 6.04. The van der Waals surface area contributed by atoms with Crippen LogP contribution in [0.25, 0.3) is 0 Å². The van der Waals surface area contributed by atoms with Crippen LogP contribution in [0.15, 0.2) is 72.8 Å². The maximum absolute atomic E-state index is 13.4. The maximum atomic E-state index is 13.4. The minimum atomic E-state index is -0.601. The first-order valence-corrected chi connectivity index (χ1v) is 10.6. The van der Waals surface area contributed by atoms with Crippen LogP contribution in [-0.4, -0.2) is 30.0 Å². The lowest BCUT2D eigenvalue weighted by atomic mass is 10.0. The van der Waals surface area contributed by atoms with E-state index in [1.54, 1.807) is 36.4 Å². The van der Waals surface area contributed by atoms with Gasteiger partial charge in [0.05, 0.1) is 24.3 Å². The van der Waals surface area contributed by atoms with E-state index in [1.807, 2.05) is 50.2 Å². The van der Waals surface area contributed by atoms with Crippen molar-refractivity contribution in [2.24, 2.45) is 0 Å². The van der Waals surface area contributed by atoms with E-state index in [9.17, 15) is 9.59 Å². The first-order valence-electron chi connectivity index (χ1n) is 10.6. The van der Waals surface area contributed by atoms with Crippen LogP contribution in [0.1, 0.15) is 46.3 Å². The number of fused-ring (bicyclic) bond motifs is 1. The Kier molecular flexibility index (Phi) is 6.26. The van der Waals surface area contributed by atoms with E-state index in [4.69, 9.17) is 9.47 Å². The van der Waals surface area contributed by atoms with Crippen molar-refractivity contribution in [1.29, 1.82) is 0 Å². The Hall–Kier alpha value is -4.00. The summed E-state index contributed by atoms with van der Waals surface area (Å²) in [7, 11) is 0. The number of benzene rings is 3. The predicted molar refractivity (Wildman–Crippen MR) is 122 cm³/mol. The molecule has 0 saturated heterocycles. The van der Waals surface area contributed by atoms with Gasteiger partial charge in [0, 0.05) is 5.69 Å². The number of nitrogens with one attached hydrogen (secondary N) is 2. The molecule has 7 heteroatoms. The summed E-state index contributed by atoms with van der Waals surface area (Å²) in [5.74, 6) is 0.461. The van der Waals surface area contributed by atoms with Crippen molar-refractivity contribution in [1.82, 2.24) is 10.4 Å². The van der Waals surface area contributed by atoms with Crippen LogP contribution in [0.2, 0.25) is 0 Å². The van der Waals surface area contributed by atoms with Gasteiger partial charge in [-0.1, -0.05) is 36.4 Å². The van der Waals surface area contributed by atoms with E-state index in [2.05, 4.69) is 10.7 Å². The summed E-state index contributed by atoms with van der Waals surface area (Å²) in [6, 6.07) is 21.6. The van der Waals surface area contributed by atoms with Gasteiger partial charge in [-0.15, -0.1) is 0 Å². The summed E-state index contributed by atoms with van der Waals surface area (Å²) >= 11 is 0. The number of carbonyl (C=O) groups is 2. The third-order valence-electron chi connectivity index (χ3n) is 5.09. The van der Waals surface area contributed by atoms with Crippen molar-refractivity contribution in [3.63, 3.8) is 0 Å². The van der Waals surface area contributed by atoms with Gasteiger partial charge < -0.3 is 14.8 Å². The molecule has 0 radical (unpaired) electrons. The largest absolute Gasteiger partial charge is 0.494 e. The van der Waals surface area contributed by atoms with Crippen molar-refractivity contribution in [3.8, 4) is 11.5 Å². The standard InChI is InChI=1S/C25H25N3O4/c1-3-31-18-15-13-17(14-16-18)23-26-21-11-7-5-9-19(21)25(30)28(23)27-24(29)20-10-6-8-12-22(20)32-4-2/h5-16,23,26H,3-4H2,1-2H3,(H,27,29).